The molecule has 6 heteroatoms. The van der Waals surface area contributed by atoms with E-state index < -0.39 is 0 Å². The van der Waals surface area contributed by atoms with Crippen LogP contribution in [0.25, 0.3) is 0 Å². The maximum absolute atomic E-state index is 12.7. The van der Waals surface area contributed by atoms with Gasteiger partial charge in [-0.1, -0.05) is 0 Å². The lowest BCUT2D eigenvalue weighted by molar-refractivity contribution is 0.0672. The largest absolute Gasteiger partial charge is 0.438 e. The molecule has 3 heterocycles. The van der Waals surface area contributed by atoms with E-state index in [2.05, 4.69) is 21.8 Å². The van der Waals surface area contributed by atoms with E-state index in [1.54, 1.807) is 14.0 Å². The van der Waals surface area contributed by atoms with E-state index in [9.17, 15) is 4.79 Å². The molecular formula is C16H21N3O3. The SMILES string of the molecule is COCC[C@H]1CN(C(=O)c2ocnc2C)Cc2cccn2C1. The van der Waals surface area contributed by atoms with Crippen molar-refractivity contribution in [2.24, 2.45) is 5.92 Å². The Morgan fingerprint density at radius 1 is 1.50 bits per heavy atom. The number of fused-ring (bicyclic) bond motifs is 1. The van der Waals surface area contributed by atoms with Crippen LogP contribution in [-0.4, -0.2) is 40.6 Å². The number of aromatic nitrogens is 2. The first-order chi connectivity index (χ1) is 10.7. The third kappa shape index (κ3) is 2.92. The molecule has 0 unspecified atom stereocenters. The predicted molar refractivity (Wildman–Crippen MR) is 80.4 cm³/mol. The van der Waals surface area contributed by atoms with Gasteiger partial charge in [0.15, 0.2) is 6.39 Å². The second kappa shape index (κ2) is 6.36. The summed E-state index contributed by atoms with van der Waals surface area (Å²) >= 11 is 0. The molecule has 118 valence electrons. The van der Waals surface area contributed by atoms with Crippen LogP contribution < -0.4 is 0 Å². The Kier molecular flexibility index (Phi) is 4.29. The second-order valence-corrected chi connectivity index (χ2v) is 5.75. The summed E-state index contributed by atoms with van der Waals surface area (Å²) in [5.41, 5.74) is 1.78. The standard InChI is InChI=1S/C16H21N3O3/c1-12-15(22-11-17-12)16(20)19-9-13(5-7-21-2)8-18-6-3-4-14(18)10-19/h3-4,6,11,13H,5,7-10H2,1-2H3/t13-/m1/s1. The second-order valence-electron chi connectivity index (χ2n) is 5.75. The molecule has 2 aromatic rings. The number of aryl methyl sites for hydroxylation is 1. The summed E-state index contributed by atoms with van der Waals surface area (Å²) < 4.78 is 12.7. The van der Waals surface area contributed by atoms with Gasteiger partial charge in [0.05, 0.1) is 12.2 Å². The van der Waals surface area contributed by atoms with Gasteiger partial charge < -0.3 is 18.6 Å². The molecule has 0 fully saturated rings. The first-order valence-corrected chi connectivity index (χ1v) is 7.51. The quantitative estimate of drug-likeness (QED) is 0.868. The zero-order chi connectivity index (χ0) is 15.5. The van der Waals surface area contributed by atoms with Gasteiger partial charge in [-0.2, -0.15) is 0 Å². The summed E-state index contributed by atoms with van der Waals surface area (Å²) in [5, 5.41) is 0. The first-order valence-electron chi connectivity index (χ1n) is 7.51. The number of oxazole rings is 1. The summed E-state index contributed by atoms with van der Waals surface area (Å²) in [6, 6.07) is 4.09. The average Bonchev–Trinajstić information content (AvgIpc) is 3.09. The Balaban J connectivity index is 1.83. The molecule has 1 amide bonds. The van der Waals surface area contributed by atoms with Crippen molar-refractivity contribution < 1.29 is 13.9 Å². The monoisotopic (exact) mass is 303 g/mol. The van der Waals surface area contributed by atoms with Crippen molar-refractivity contribution in [1.29, 1.82) is 0 Å². The van der Waals surface area contributed by atoms with Crippen molar-refractivity contribution in [3.63, 3.8) is 0 Å². The highest BCUT2D eigenvalue weighted by atomic mass is 16.5. The Hall–Kier alpha value is -2.08. The molecule has 0 saturated heterocycles. The highest BCUT2D eigenvalue weighted by molar-refractivity contribution is 5.92. The highest BCUT2D eigenvalue weighted by Gasteiger charge is 2.28. The van der Waals surface area contributed by atoms with Gasteiger partial charge in [-0.05, 0) is 31.4 Å². The van der Waals surface area contributed by atoms with E-state index in [0.29, 0.717) is 37.1 Å². The lowest BCUT2D eigenvalue weighted by Crippen LogP contribution is -2.34. The van der Waals surface area contributed by atoms with Crippen molar-refractivity contribution in [3.8, 4) is 0 Å². The molecule has 22 heavy (non-hydrogen) atoms. The molecule has 2 aromatic heterocycles. The number of rotatable bonds is 4. The molecule has 1 atom stereocenters. The smallest absolute Gasteiger partial charge is 0.291 e. The molecule has 1 aliphatic rings. The van der Waals surface area contributed by atoms with Crippen molar-refractivity contribution in [2.45, 2.75) is 26.4 Å². The van der Waals surface area contributed by atoms with Gasteiger partial charge in [-0.3, -0.25) is 4.79 Å². The molecule has 0 aromatic carbocycles. The number of ether oxygens (including phenoxy) is 1. The van der Waals surface area contributed by atoms with Crippen molar-refractivity contribution in [2.75, 3.05) is 20.3 Å². The molecule has 0 N–H and O–H groups in total. The average molecular weight is 303 g/mol. The minimum absolute atomic E-state index is 0.0907. The van der Waals surface area contributed by atoms with Gasteiger partial charge >= 0.3 is 0 Å². The van der Waals surface area contributed by atoms with Crippen LogP contribution in [0.15, 0.2) is 29.1 Å². The normalized spacial score (nSPS) is 18.1. The zero-order valence-electron chi connectivity index (χ0n) is 13.0. The van der Waals surface area contributed by atoms with E-state index in [1.165, 1.54) is 6.39 Å². The van der Waals surface area contributed by atoms with E-state index in [-0.39, 0.29) is 5.91 Å². The Morgan fingerprint density at radius 2 is 2.36 bits per heavy atom. The van der Waals surface area contributed by atoms with Crippen LogP contribution >= 0.6 is 0 Å². The van der Waals surface area contributed by atoms with E-state index >= 15 is 0 Å². The van der Waals surface area contributed by atoms with Crippen LogP contribution in [0.4, 0.5) is 0 Å². The van der Waals surface area contributed by atoms with Crippen molar-refractivity contribution in [1.82, 2.24) is 14.5 Å². The third-order valence-electron chi connectivity index (χ3n) is 4.17. The van der Waals surface area contributed by atoms with Gasteiger partial charge in [-0.25, -0.2) is 4.98 Å². The summed E-state index contributed by atoms with van der Waals surface area (Å²) in [6.07, 6.45) is 4.32. The maximum Gasteiger partial charge on any atom is 0.291 e. The summed E-state index contributed by atoms with van der Waals surface area (Å²) in [5.74, 6) is 0.610. The van der Waals surface area contributed by atoms with Crippen LogP contribution in [0.2, 0.25) is 0 Å². The summed E-state index contributed by atoms with van der Waals surface area (Å²) in [6.45, 7) is 4.69. The Labute approximate surface area is 129 Å². The molecule has 1 aliphatic heterocycles. The minimum atomic E-state index is -0.0907. The lowest BCUT2D eigenvalue weighted by Gasteiger charge is -2.23. The number of amides is 1. The van der Waals surface area contributed by atoms with Crippen molar-refractivity contribution >= 4 is 5.91 Å². The first kappa shape index (κ1) is 14.8. The Bertz CT molecular complexity index is 647. The van der Waals surface area contributed by atoms with E-state index in [4.69, 9.17) is 9.15 Å². The molecule has 0 bridgehead atoms. The lowest BCUT2D eigenvalue weighted by atomic mass is 10.1. The molecule has 0 aliphatic carbocycles. The van der Waals surface area contributed by atoms with E-state index in [0.717, 1.165) is 18.7 Å². The summed E-state index contributed by atoms with van der Waals surface area (Å²) in [7, 11) is 1.71. The van der Waals surface area contributed by atoms with Gasteiger partial charge in [0.1, 0.15) is 0 Å². The molecular weight excluding hydrogens is 282 g/mol. The fourth-order valence-corrected chi connectivity index (χ4v) is 2.95. The van der Waals surface area contributed by atoms with Gasteiger partial charge in [-0.15, -0.1) is 0 Å². The van der Waals surface area contributed by atoms with Crippen LogP contribution in [0.1, 0.15) is 28.4 Å². The molecule has 0 radical (unpaired) electrons. The maximum atomic E-state index is 12.7. The fourth-order valence-electron chi connectivity index (χ4n) is 2.95. The molecule has 0 saturated carbocycles. The number of hydrogen-bond acceptors (Lipinski definition) is 4. The number of carbonyl (C=O) groups is 1. The van der Waals surface area contributed by atoms with Gasteiger partial charge in [0, 0.05) is 38.7 Å². The van der Waals surface area contributed by atoms with Crippen LogP contribution in [-0.2, 0) is 17.8 Å². The zero-order valence-corrected chi connectivity index (χ0v) is 13.0. The molecule has 6 nitrogen and oxygen atoms in total. The van der Waals surface area contributed by atoms with Crippen molar-refractivity contribution in [3.05, 3.63) is 41.9 Å². The fraction of sp³-hybridized carbons (Fsp3) is 0.500. The van der Waals surface area contributed by atoms with Gasteiger partial charge in [0.2, 0.25) is 5.76 Å². The molecule has 3 rings (SSSR count). The third-order valence-corrected chi connectivity index (χ3v) is 4.17. The number of carbonyl (C=O) groups excluding carboxylic acids is 1. The topological polar surface area (TPSA) is 60.5 Å². The highest BCUT2D eigenvalue weighted by Crippen LogP contribution is 2.22. The van der Waals surface area contributed by atoms with Crippen LogP contribution in [0.3, 0.4) is 0 Å². The number of methoxy groups -OCH3 is 1. The Morgan fingerprint density at radius 3 is 3.09 bits per heavy atom. The number of hydrogen-bond donors (Lipinski definition) is 0. The van der Waals surface area contributed by atoms with E-state index in [1.807, 2.05) is 11.0 Å². The summed E-state index contributed by atoms with van der Waals surface area (Å²) in [4.78, 5) is 18.6. The minimum Gasteiger partial charge on any atom is -0.438 e. The number of nitrogens with zero attached hydrogens (tertiary/aromatic N) is 3. The van der Waals surface area contributed by atoms with Crippen LogP contribution in [0, 0.1) is 12.8 Å². The predicted octanol–water partition coefficient (Wildman–Crippen LogP) is 2.09. The molecule has 0 spiro atoms. The van der Waals surface area contributed by atoms with Crippen LogP contribution in [0.5, 0.6) is 0 Å². The van der Waals surface area contributed by atoms with Gasteiger partial charge in [0.25, 0.3) is 5.91 Å².